The Bertz CT molecular complexity index is 745. The fourth-order valence-electron chi connectivity index (χ4n) is 1.90. The molecule has 0 aliphatic carbocycles. The second-order valence-electron chi connectivity index (χ2n) is 6.43. The summed E-state index contributed by atoms with van der Waals surface area (Å²) in [6.07, 6.45) is 1.51. The Morgan fingerprint density at radius 1 is 1.33 bits per heavy atom. The molecule has 0 bridgehead atoms. The van der Waals surface area contributed by atoms with Crippen molar-refractivity contribution < 1.29 is 8.42 Å². The summed E-state index contributed by atoms with van der Waals surface area (Å²) in [6.45, 7) is 8.67. The van der Waals surface area contributed by atoms with Gasteiger partial charge in [-0.3, -0.25) is 0 Å². The van der Waals surface area contributed by atoms with E-state index >= 15 is 0 Å². The number of nitrogen functional groups attached to an aromatic ring is 1. The molecule has 1 heterocycles. The maximum absolute atomic E-state index is 12.5. The van der Waals surface area contributed by atoms with Crippen LogP contribution < -0.4 is 10.5 Å². The Kier molecular flexibility index (Phi) is 4.04. The molecule has 0 spiro atoms. The van der Waals surface area contributed by atoms with Crippen molar-refractivity contribution in [2.75, 3.05) is 12.3 Å². The van der Waals surface area contributed by atoms with Crippen molar-refractivity contribution in [3.8, 4) is 0 Å². The number of benzene rings is 1. The number of hydrogen-bond acceptors (Lipinski definition) is 3. The van der Waals surface area contributed by atoms with Crippen molar-refractivity contribution in [3.05, 3.63) is 24.4 Å². The van der Waals surface area contributed by atoms with Crippen molar-refractivity contribution in [1.82, 2.24) is 9.71 Å². The third-order valence-electron chi connectivity index (χ3n) is 4.24. The number of aromatic nitrogens is 1. The molecule has 116 valence electrons. The molecule has 0 aliphatic heterocycles. The van der Waals surface area contributed by atoms with Gasteiger partial charge in [0.15, 0.2) is 0 Å². The first-order valence-corrected chi connectivity index (χ1v) is 8.48. The minimum absolute atomic E-state index is 0.108. The van der Waals surface area contributed by atoms with Crippen molar-refractivity contribution in [3.63, 3.8) is 0 Å². The number of rotatable bonds is 5. The average Bonchev–Trinajstić information content (AvgIpc) is 2.80. The van der Waals surface area contributed by atoms with Crippen LogP contribution in [0.25, 0.3) is 10.9 Å². The van der Waals surface area contributed by atoms with E-state index < -0.39 is 10.0 Å². The summed E-state index contributed by atoms with van der Waals surface area (Å²) >= 11 is 0. The van der Waals surface area contributed by atoms with Gasteiger partial charge in [0.1, 0.15) is 4.90 Å². The van der Waals surface area contributed by atoms with Gasteiger partial charge in [-0.15, -0.1) is 0 Å². The number of nitrogens with one attached hydrogen (secondary N) is 2. The first-order valence-electron chi connectivity index (χ1n) is 7.00. The van der Waals surface area contributed by atoms with Crippen LogP contribution in [0.4, 0.5) is 5.69 Å². The highest BCUT2D eigenvalue weighted by Gasteiger charge is 2.26. The second kappa shape index (κ2) is 5.35. The Balaban J connectivity index is 2.30. The first-order chi connectivity index (χ1) is 9.63. The largest absolute Gasteiger partial charge is 0.399 e. The fraction of sp³-hybridized carbons (Fsp3) is 0.467. The minimum Gasteiger partial charge on any atom is -0.399 e. The van der Waals surface area contributed by atoms with Gasteiger partial charge in [0.05, 0.1) is 0 Å². The number of fused-ring (bicyclic) bond motifs is 1. The van der Waals surface area contributed by atoms with Crippen LogP contribution >= 0.6 is 0 Å². The summed E-state index contributed by atoms with van der Waals surface area (Å²) in [5.74, 6) is 0.378. The highest BCUT2D eigenvalue weighted by molar-refractivity contribution is 7.89. The lowest BCUT2D eigenvalue weighted by Gasteiger charge is -2.29. The average molecular weight is 309 g/mol. The first kappa shape index (κ1) is 15.9. The summed E-state index contributed by atoms with van der Waals surface area (Å²) in [4.78, 5) is 3.22. The summed E-state index contributed by atoms with van der Waals surface area (Å²) < 4.78 is 27.7. The highest BCUT2D eigenvalue weighted by atomic mass is 32.2. The topological polar surface area (TPSA) is 88.0 Å². The lowest BCUT2D eigenvalue weighted by atomic mass is 9.81. The van der Waals surface area contributed by atoms with Crippen molar-refractivity contribution in [2.24, 2.45) is 11.3 Å². The van der Waals surface area contributed by atoms with Crippen LogP contribution in [0.5, 0.6) is 0 Å². The van der Waals surface area contributed by atoms with Crippen molar-refractivity contribution in [2.45, 2.75) is 32.6 Å². The highest BCUT2D eigenvalue weighted by Crippen LogP contribution is 2.27. The van der Waals surface area contributed by atoms with Gasteiger partial charge in [-0.25, -0.2) is 13.1 Å². The maximum Gasteiger partial charge on any atom is 0.242 e. The molecule has 1 aromatic carbocycles. The van der Waals surface area contributed by atoms with E-state index in [0.717, 1.165) is 5.52 Å². The van der Waals surface area contributed by atoms with Crippen LogP contribution in [0.1, 0.15) is 27.7 Å². The van der Waals surface area contributed by atoms with E-state index in [1.54, 1.807) is 18.2 Å². The molecule has 2 rings (SSSR count). The second-order valence-corrected chi connectivity index (χ2v) is 8.16. The van der Waals surface area contributed by atoms with Gasteiger partial charge in [0, 0.05) is 29.3 Å². The van der Waals surface area contributed by atoms with Crippen molar-refractivity contribution >= 4 is 26.6 Å². The fourth-order valence-corrected chi connectivity index (χ4v) is 3.30. The maximum atomic E-state index is 12.5. The number of nitrogens with two attached hydrogens (primary N) is 1. The molecule has 0 amide bonds. The number of aromatic amines is 1. The SMILES string of the molecule is CC(C)C(C)(C)CNS(=O)(=O)c1c[nH]c2cc(N)ccc12. The molecule has 0 radical (unpaired) electrons. The lowest BCUT2D eigenvalue weighted by Crippen LogP contribution is -2.36. The van der Waals surface area contributed by atoms with Gasteiger partial charge in [-0.2, -0.15) is 0 Å². The third-order valence-corrected chi connectivity index (χ3v) is 5.68. The third kappa shape index (κ3) is 3.22. The van der Waals surface area contributed by atoms with Gasteiger partial charge in [-0.1, -0.05) is 27.7 Å². The number of hydrogen-bond donors (Lipinski definition) is 3. The summed E-state index contributed by atoms with van der Waals surface area (Å²) in [6, 6.07) is 5.16. The standard InChI is InChI=1S/C15H23N3O2S/c1-10(2)15(3,4)9-18-21(19,20)14-8-17-13-7-11(16)5-6-12(13)14/h5-8,10,17-18H,9,16H2,1-4H3. The molecule has 21 heavy (non-hydrogen) atoms. The molecule has 0 fully saturated rings. The molecule has 0 aliphatic rings. The molecule has 0 saturated heterocycles. The number of anilines is 1. The Hall–Kier alpha value is -1.53. The van der Waals surface area contributed by atoms with E-state index in [-0.39, 0.29) is 10.3 Å². The van der Waals surface area contributed by atoms with Crippen LogP contribution in [0.15, 0.2) is 29.3 Å². The lowest BCUT2D eigenvalue weighted by molar-refractivity contribution is 0.252. The zero-order chi connectivity index (χ0) is 15.8. The van der Waals surface area contributed by atoms with Crippen LogP contribution in [-0.4, -0.2) is 19.9 Å². The summed E-state index contributed by atoms with van der Waals surface area (Å²) in [5.41, 5.74) is 6.92. The smallest absolute Gasteiger partial charge is 0.242 e. The van der Waals surface area contributed by atoms with E-state index in [1.165, 1.54) is 6.20 Å². The zero-order valence-electron chi connectivity index (χ0n) is 12.9. The number of sulfonamides is 1. The minimum atomic E-state index is -3.55. The van der Waals surface area contributed by atoms with Gasteiger partial charge in [-0.05, 0) is 29.5 Å². The molecule has 2 aromatic rings. The van der Waals surface area contributed by atoms with Crippen LogP contribution in [-0.2, 0) is 10.0 Å². The van der Waals surface area contributed by atoms with E-state index in [2.05, 4.69) is 37.4 Å². The Labute approximate surface area is 126 Å². The normalized spacial score (nSPS) is 13.2. The van der Waals surface area contributed by atoms with E-state index in [0.29, 0.717) is 23.5 Å². The quantitative estimate of drug-likeness (QED) is 0.742. The van der Waals surface area contributed by atoms with Crippen LogP contribution in [0.2, 0.25) is 0 Å². The van der Waals surface area contributed by atoms with E-state index in [4.69, 9.17) is 5.73 Å². The van der Waals surface area contributed by atoms with E-state index in [9.17, 15) is 8.42 Å². The van der Waals surface area contributed by atoms with Crippen LogP contribution in [0.3, 0.4) is 0 Å². The summed E-state index contributed by atoms with van der Waals surface area (Å²) in [5, 5.41) is 0.652. The van der Waals surface area contributed by atoms with E-state index in [1.807, 2.05) is 0 Å². The monoisotopic (exact) mass is 309 g/mol. The van der Waals surface area contributed by atoms with Crippen LogP contribution in [0, 0.1) is 11.3 Å². The molecule has 4 N–H and O–H groups in total. The Morgan fingerprint density at radius 2 is 2.00 bits per heavy atom. The molecule has 5 nitrogen and oxygen atoms in total. The van der Waals surface area contributed by atoms with Gasteiger partial charge >= 0.3 is 0 Å². The van der Waals surface area contributed by atoms with Gasteiger partial charge < -0.3 is 10.7 Å². The van der Waals surface area contributed by atoms with Gasteiger partial charge in [0.25, 0.3) is 0 Å². The summed E-state index contributed by atoms with van der Waals surface area (Å²) in [7, 11) is -3.55. The Morgan fingerprint density at radius 3 is 2.62 bits per heavy atom. The molecular formula is C15H23N3O2S. The molecule has 0 unspecified atom stereocenters. The molecule has 6 heteroatoms. The molecule has 0 saturated carbocycles. The molecule has 1 aromatic heterocycles. The predicted octanol–water partition coefficient (Wildman–Crippen LogP) is 2.71. The molecule has 0 atom stereocenters. The number of H-pyrrole nitrogens is 1. The zero-order valence-corrected chi connectivity index (χ0v) is 13.7. The van der Waals surface area contributed by atoms with Crippen molar-refractivity contribution in [1.29, 1.82) is 0 Å². The van der Waals surface area contributed by atoms with Gasteiger partial charge in [0.2, 0.25) is 10.0 Å². The molecular weight excluding hydrogens is 286 g/mol. The predicted molar refractivity (Wildman–Crippen MR) is 86.5 cm³/mol.